The minimum Gasteiger partial charge on any atom is -0.276 e. The molecule has 1 saturated carbocycles. The summed E-state index contributed by atoms with van der Waals surface area (Å²) in [5.74, 6) is 7.06. The summed E-state index contributed by atoms with van der Waals surface area (Å²) in [4.78, 5) is 2.62. The van der Waals surface area contributed by atoms with Gasteiger partial charge in [-0.05, 0) is 30.5 Å². The van der Waals surface area contributed by atoms with Gasteiger partial charge in [-0.25, -0.2) is 0 Å². The Labute approximate surface area is 133 Å². The van der Waals surface area contributed by atoms with Crippen molar-refractivity contribution in [1.29, 1.82) is 0 Å². The highest BCUT2D eigenvalue weighted by molar-refractivity contribution is 5.43. The average molecular weight is 287 g/mol. The van der Waals surface area contributed by atoms with Crippen molar-refractivity contribution in [2.24, 2.45) is 0 Å². The molecule has 1 heterocycles. The first kappa shape index (κ1) is 13.6. The summed E-state index contributed by atoms with van der Waals surface area (Å²) in [5.41, 5.74) is 2.68. The zero-order valence-electron chi connectivity index (χ0n) is 12.8. The van der Waals surface area contributed by atoms with Crippen LogP contribution in [0.1, 0.15) is 36.8 Å². The van der Waals surface area contributed by atoms with Gasteiger partial charge in [0, 0.05) is 18.2 Å². The molecule has 1 saturated heterocycles. The minimum atomic E-state index is 0.143. The SMILES string of the molecule is C(#C[C@@]12CCCC[C@@H]1N2Cc1ccccc1)c1ccccc1. The van der Waals surface area contributed by atoms with Crippen molar-refractivity contribution < 1.29 is 0 Å². The molecule has 1 aliphatic carbocycles. The van der Waals surface area contributed by atoms with E-state index < -0.39 is 0 Å². The van der Waals surface area contributed by atoms with Crippen LogP contribution < -0.4 is 0 Å². The molecule has 1 unspecified atom stereocenters. The van der Waals surface area contributed by atoms with Gasteiger partial charge in [0.25, 0.3) is 0 Å². The third kappa shape index (κ3) is 2.45. The lowest BCUT2D eigenvalue weighted by Crippen LogP contribution is -2.19. The standard InChI is InChI=1S/C21H21N/c1-3-9-18(10-4-1)14-16-21-15-8-7-13-20(21)22(21)17-19-11-5-2-6-12-19/h1-6,9-12,20H,7-8,13,15,17H2/t20-,21-,22?/m0/s1. The van der Waals surface area contributed by atoms with Crippen LogP contribution in [0.3, 0.4) is 0 Å². The van der Waals surface area contributed by atoms with Crippen LogP contribution in [-0.2, 0) is 6.54 Å². The van der Waals surface area contributed by atoms with Gasteiger partial charge in [0.2, 0.25) is 0 Å². The molecule has 2 aromatic carbocycles. The van der Waals surface area contributed by atoms with Gasteiger partial charge in [0.1, 0.15) is 0 Å². The largest absolute Gasteiger partial charge is 0.276 e. The Hall–Kier alpha value is -2.04. The second-order valence-corrected chi connectivity index (χ2v) is 6.42. The molecular formula is C21H21N. The first-order valence-corrected chi connectivity index (χ1v) is 8.27. The summed E-state index contributed by atoms with van der Waals surface area (Å²) in [6.07, 6.45) is 5.19. The minimum absolute atomic E-state index is 0.143. The van der Waals surface area contributed by atoms with Crippen LogP contribution in [0.5, 0.6) is 0 Å². The molecule has 1 heteroatoms. The van der Waals surface area contributed by atoms with E-state index in [1.165, 1.54) is 31.2 Å². The third-order valence-electron chi connectivity index (χ3n) is 5.05. The molecule has 0 radical (unpaired) electrons. The molecule has 3 atom stereocenters. The number of rotatable bonds is 2. The number of nitrogens with zero attached hydrogens (tertiary/aromatic N) is 1. The summed E-state index contributed by atoms with van der Waals surface area (Å²) >= 11 is 0. The van der Waals surface area contributed by atoms with Gasteiger partial charge in [-0.1, -0.05) is 73.2 Å². The maximum atomic E-state index is 3.63. The van der Waals surface area contributed by atoms with E-state index in [1.54, 1.807) is 0 Å². The highest BCUT2D eigenvalue weighted by Gasteiger charge is 2.61. The summed E-state index contributed by atoms with van der Waals surface area (Å²) in [7, 11) is 0. The van der Waals surface area contributed by atoms with Crippen molar-refractivity contribution in [3.8, 4) is 11.8 Å². The van der Waals surface area contributed by atoms with Crippen molar-refractivity contribution >= 4 is 0 Å². The van der Waals surface area contributed by atoms with Crippen LogP contribution in [0.2, 0.25) is 0 Å². The number of likely N-dealkylation sites (tertiary alicyclic amines) is 1. The number of hydrogen-bond donors (Lipinski definition) is 0. The summed E-state index contributed by atoms with van der Waals surface area (Å²) in [6.45, 7) is 1.04. The molecule has 4 rings (SSSR count). The molecule has 0 spiro atoms. The lowest BCUT2D eigenvalue weighted by molar-refractivity contribution is 0.435. The first-order chi connectivity index (χ1) is 10.9. The molecular weight excluding hydrogens is 266 g/mol. The van der Waals surface area contributed by atoms with E-state index >= 15 is 0 Å². The lowest BCUT2D eigenvalue weighted by Gasteiger charge is -2.14. The van der Waals surface area contributed by atoms with E-state index in [0.29, 0.717) is 6.04 Å². The van der Waals surface area contributed by atoms with Crippen LogP contribution >= 0.6 is 0 Å². The third-order valence-corrected chi connectivity index (χ3v) is 5.05. The lowest BCUT2D eigenvalue weighted by atomic mass is 9.89. The molecule has 1 nitrogen and oxygen atoms in total. The van der Waals surface area contributed by atoms with E-state index in [9.17, 15) is 0 Å². The van der Waals surface area contributed by atoms with Gasteiger partial charge in [-0.15, -0.1) is 0 Å². The Morgan fingerprint density at radius 2 is 1.68 bits per heavy atom. The van der Waals surface area contributed by atoms with Crippen LogP contribution in [-0.4, -0.2) is 16.5 Å². The molecule has 0 bridgehead atoms. The Kier molecular flexibility index (Phi) is 3.48. The molecule has 22 heavy (non-hydrogen) atoms. The predicted octanol–water partition coefficient (Wildman–Crippen LogP) is 4.24. The quantitative estimate of drug-likeness (QED) is 0.590. The Balaban J connectivity index is 1.57. The van der Waals surface area contributed by atoms with Crippen LogP contribution in [0.25, 0.3) is 0 Å². The summed E-state index contributed by atoms with van der Waals surface area (Å²) in [6, 6.07) is 21.8. The number of benzene rings is 2. The van der Waals surface area contributed by atoms with Crippen LogP contribution in [0.15, 0.2) is 60.7 Å². The van der Waals surface area contributed by atoms with Crippen molar-refractivity contribution in [1.82, 2.24) is 4.90 Å². The van der Waals surface area contributed by atoms with Crippen molar-refractivity contribution in [2.75, 3.05) is 0 Å². The Morgan fingerprint density at radius 1 is 0.955 bits per heavy atom. The van der Waals surface area contributed by atoms with Gasteiger partial charge in [-0.3, -0.25) is 4.90 Å². The number of fused-ring (bicyclic) bond motifs is 1. The predicted molar refractivity (Wildman–Crippen MR) is 90.3 cm³/mol. The second-order valence-electron chi connectivity index (χ2n) is 6.42. The van der Waals surface area contributed by atoms with Crippen LogP contribution in [0.4, 0.5) is 0 Å². The zero-order valence-corrected chi connectivity index (χ0v) is 12.8. The van der Waals surface area contributed by atoms with E-state index in [-0.39, 0.29) is 5.54 Å². The van der Waals surface area contributed by atoms with Gasteiger partial charge < -0.3 is 0 Å². The van der Waals surface area contributed by atoms with Crippen molar-refractivity contribution in [3.63, 3.8) is 0 Å². The van der Waals surface area contributed by atoms with Gasteiger partial charge >= 0.3 is 0 Å². The van der Waals surface area contributed by atoms with Crippen molar-refractivity contribution in [2.45, 2.75) is 43.8 Å². The fraction of sp³-hybridized carbons (Fsp3) is 0.333. The second kappa shape index (κ2) is 5.63. The molecule has 2 aromatic rings. The van der Waals surface area contributed by atoms with Crippen molar-refractivity contribution in [3.05, 3.63) is 71.8 Å². The Bertz CT molecular complexity index is 695. The highest BCUT2D eigenvalue weighted by Crippen LogP contribution is 2.51. The molecule has 2 aliphatic rings. The van der Waals surface area contributed by atoms with E-state index in [0.717, 1.165) is 12.1 Å². The monoisotopic (exact) mass is 287 g/mol. The molecule has 110 valence electrons. The molecule has 2 fully saturated rings. The zero-order chi connectivity index (χ0) is 14.8. The molecule has 0 N–H and O–H groups in total. The smallest absolute Gasteiger partial charge is 0.0993 e. The number of hydrogen-bond acceptors (Lipinski definition) is 1. The normalized spacial score (nSPS) is 29.1. The van der Waals surface area contributed by atoms with Crippen LogP contribution in [0, 0.1) is 11.8 Å². The average Bonchev–Trinajstić information content (AvgIpc) is 3.23. The fourth-order valence-corrected chi connectivity index (χ4v) is 3.84. The van der Waals surface area contributed by atoms with Gasteiger partial charge in [-0.2, -0.15) is 0 Å². The highest BCUT2D eigenvalue weighted by atomic mass is 15.4. The van der Waals surface area contributed by atoms with E-state index in [2.05, 4.69) is 71.3 Å². The summed E-state index contributed by atoms with van der Waals surface area (Å²) < 4.78 is 0. The van der Waals surface area contributed by atoms with E-state index in [1.807, 2.05) is 6.07 Å². The van der Waals surface area contributed by atoms with Gasteiger partial charge in [0.15, 0.2) is 0 Å². The Morgan fingerprint density at radius 3 is 2.45 bits per heavy atom. The maximum Gasteiger partial charge on any atom is 0.0993 e. The van der Waals surface area contributed by atoms with Gasteiger partial charge in [0.05, 0.1) is 5.54 Å². The molecule has 0 aromatic heterocycles. The topological polar surface area (TPSA) is 3.01 Å². The molecule has 0 amide bonds. The molecule has 1 aliphatic heterocycles. The first-order valence-electron chi connectivity index (χ1n) is 8.27. The maximum absolute atomic E-state index is 3.63. The summed E-state index contributed by atoms with van der Waals surface area (Å²) in [5, 5.41) is 0. The fourth-order valence-electron chi connectivity index (χ4n) is 3.84. The van der Waals surface area contributed by atoms with E-state index in [4.69, 9.17) is 0 Å².